The fraction of sp³-hybridized carbons (Fsp3) is 1.00. The lowest BCUT2D eigenvalue weighted by atomic mass is 9.43. The molecular weight excluding hydrogens is 182 g/mol. The van der Waals surface area contributed by atoms with Crippen LogP contribution in [0.2, 0.25) is 0 Å². The summed E-state index contributed by atoms with van der Waals surface area (Å²) in [5.41, 5.74) is 7.64. The Hall–Kier alpha value is -0.0400. The van der Waals surface area contributed by atoms with E-state index in [0.717, 1.165) is 11.8 Å². The predicted molar refractivity (Wildman–Crippen MR) is 63.5 cm³/mol. The number of rotatable bonds is 2. The van der Waals surface area contributed by atoms with Crippen molar-refractivity contribution in [3.63, 3.8) is 0 Å². The minimum Gasteiger partial charge on any atom is -0.327 e. The van der Waals surface area contributed by atoms with Crippen LogP contribution in [0.25, 0.3) is 0 Å². The van der Waals surface area contributed by atoms with Crippen LogP contribution in [0.15, 0.2) is 0 Å². The van der Waals surface area contributed by atoms with Crippen LogP contribution in [0, 0.1) is 22.7 Å². The maximum Gasteiger partial charge on any atom is 0.00933 e. The summed E-state index contributed by atoms with van der Waals surface area (Å²) >= 11 is 0. The van der Waals surface area contributed by atoms with E-state index in [1.807, 2.05) is 0 Å². The van der Waals surface area contributed by atoms with E-state index in [4.69, 9.17) is 5.73 Å². The lowest BCUT2D eigenvalue weighted by Gasteiger charge is -2.63. The minimum absolute atomic E-state index is 0.475. The van der Waals surface area contributed by atoms with Crippen LogP contribution >= 0.6 is 0 Å². The molecule has 0 aromatic rings. The number of hydrogen-bond donors (Lipinski definition) is 1. The first-order chi connectivity index (χ1) is 7.05. The highest BCUT2D eigenvalue weighted by Crippen LogP contribution is 2.66. The Labute approximate surface area is 93.8 Å². The predicted octanol–water partition coefficient (Wildman–Crippen LogP) is 3.33. The molecular formula is C14H25N. The summed E-state index contributed by atoms with van der Waals surface area (Å²) in [4.78, 5) is 0. The van der Waals surface area contributed by atoms with Gasteiger partial charge in [-0.05, 0) is 67.6 Å². The van der Waals surface area contributed by atoms with Crippen LogP contribution in [-0.2, 0) is 0 Å². The average molecular weight is 207 g/mol. The molecule has 4 saturated carbocycles. The van der Waals surface area contributed by atoms with Gasteiger partial charge in [0.25, 0.3) is 0 Å². The Kier molecular flexibility index (Phi) is 2.03. The molecule has 0 heterocycles. The van der Waals surface area contributed by atoms with Crippen molar-refractivity contribution in [2.45, 2.75) is 64.8 Å². The fourth-order valence-corrected chi connectivity index (χ4v) is 5.66. The SMILES string of the molecule is CCC(N)C12CC3CC(CC(C)(C3)C1)C2. The summed E-state index contributed by atoms with van der Waals surface area (Å²) in [5.74, 6) is 2.04. The van der Waals surface area contributed by atoms with E-state index in [1.165, 1.54) is 44.9 Å². The van der Waals surface area contributed by atoms with Crippen LogP contribution < -0.4 is 5.73 Å². The summed E-state index contributed by atoms with van der Waals surface area (Å²) in [5, 5.41) is 0. The molecule has 86 valence electrons. The van der Waals surface area contributed by atoms with Crippen molar-refractivity contribution in [2.24, 2.45) is 28.4 Å². The van der Waals surface area contributed by atoms with Gasteiger partial charge in [-0.3, -0.25) is 0 Å². The average Bonchev–Trinajstić information content (AvgIpc) is 2.12. The van der Waals surface area contributed by atoms with Crippen molar-refractivity contribution >= 4 is 0 Å². The van der Waals surface area contributed by atoms with E-state index in [0.29, 0.717) is 16.9 Å². The van der Waals surface area contributed by atoms with Gasteiger partial charge in [-0.25, -0.2) is 0 Å². The first-order valence-electron chi connectivity index (χ1n) is 6.81. The Balaban J connectivity index is 1.92. The maximum atomic E-state index is 6.43. The quantitative estimate of drug-likeness (QED) is 0.738. The topological polar surface area (TPSA) is 26.0 Å². The molecule has 1 heteroatoms. The van der Waals surface area contributed by atoms with E-state index >= 15 is 0 Å². The lowest BCUT2D eigenvalue weighted by molar-refractivity contribution is -0.113. The number of hydrogen-bond acceptors (Lipinski definition) is 1. The highest BCUT2D eigenvalue weighted by molar-refractivity contribution is 5.09. The zero-order chi connectivity index (χ0) is 10.7. The third-order valence-electron chi connectivity index (χ3n) is 5.63. The van der Waals surface area contributed by atoms with Gasteiger partial charge in [0.2, 0.25) is 0 Å². The fourth-order valence-electron chi connectivity index (χ4n) is 5.66. The van der Waals surface area contributed by atoms with E-state index < -0.39 is 0 Å². The molecule has 3 unspecified atom stereocenters. The molecule has 4 aliphatic rings. The smallest absolute Gasteiger partial charge is 0.00933 e. The van der Waals surface area contributed by atoms with Crippen molar-refractivity contribution in [1.29, 1.82) is 0 Å². The van der Waals surface area contributed by atoms with Crippen molar-refractivity contribution in [1.82, 2.24) is 0 Å². The Morgan fingerprint density at radius 2 is 1.80 bits per heavy atom. The van der Waals surface area contributed by atoms with Crippen LogP contribution in [-0.4, -0.2) is 6.04 Å². The van der Waals surface area contributed by atoms with Gasteiger partial charge in [0.05, 0.1) is 0 Å². The second kappa shape index (κ2) is 3.00. The van der Waals surface area contributed by atoms with E-state index in [-0.39, 0.29) is 0 Å². The van der Waals surface area contributed by atoms with Gasteiger partial charge in [-0.1, -0.05) is 13.8 Å². The molecule has 0 amide bonds. The Bertz CT molecular complexity index is 257. The van der Waals surface area contributed by atoms with Crippen LogP contribution in [0.3, 0.4) is 0 Å². The van der Waals surface area contributed by atoms with Gasteiger partial charge in [-0.15, -0.1) is 0 Å². The summed E-state index contributed by atoms with van der Waals surface area (Å²) in [6, 6.07) is 0.475. The maximum absolute atomic E-state index is 6.43. The molecule has 0 saturated heterocycles. The summed E-state index contributed by atoms with van der Waals surface area (Å²) < 4.78 is 0. The number of nitrogens with two attached hydrogens (primary N) is 1. The standard InChI is InChI=1S/C14H25N/c1-3-12(15)14-7-10-4-11(8-14)6-13(2,5-10)9-14/h10-12H,3-9,15H2,1-2H3. The molecule has 1 nitrogen and oxygen atoms in total. The molecule has 4 aliphatic carbocycles. The Morgan fingerprint density at radius 3 is 2.27 bits per heavy atom. The summed E-state index contributed by atoms with van der Waals surface area (Å²) in [6.45, 7) is 4.80. The summed E-state index contributed by atoms with van der Waals surface area (Å²) in [7, 11) is 0. The van der Waals surface area contributed by atoms with Gasteiger partial charge in [-0.2, -0.15) is 0 Å². The van der Waals surface area contributed by atoms with Crippen LogP contribution in [0.1, 0.15) is 58.8 Å². The molecule has 0 aliphatic heterocycles. The highest BCUT2D eigenvalue weighted by atomic mass is 14.7. The largest absolute Gasteiger partial charge is 0.327 e. The monoisotopic (exact) mass is 207 g/mol. The molecule has 2 N–H and O–H groups in total. The second-order valence-corrected chi connectivity index (χ2v) is 7.15. The van der Waals surface area contributed by atoms with E-state index in [1.54, 1.807) is 0 Å². The lowest BCUT2D eigenvalue weighted by Crippen LogP contribution is -2.57. The van der Waals surface area contributed by atoms with Crippen molar-refractivity contribution < 1.29 is 0 Å². The molecule has 4 fully saturated rings. The first-order valence-corrected chi connectivity index (χ1v) is 6.81. The van der Waals surface area contributed by atoms with Crippen molar-refractivity contribution in [3.8, 4) is 0 Å². The molecule has 15 heavy (non-hydrogen) atoms. The van der Waals surface area contributed by atoms with Crippen molar-refractivity contribution in [2.75, 3.05) is 0 Å². The zero-order valence-electron chi connectivity index (χ0n) is 10.3. The molecule has 0 radical (unpaired) electrons. The van der Waals surface area contributed by atoms with Crippen molar-refractivity contribution in [3.05, 3.63) is 0 Å². The molecule has 4 bridgehead atoms. The van der Waals surface area contributed by atoms with E-state index in [9.17, 15) is 0 Å². The highest BCUT2D eigenvalue weighted by Gasteiger charge is 2.57. The molecule has 3 atom stereocenters. The van der Waals surface area contributed by atoms with Gasteiger partial charge in [0, 0.05) is 6.04 Å². The third kappa shape index (κ3) is 1.39. The molecule has 0 aromatic carbocycles. The van der Waals surface area contributed by atoms with Gasteiger partial charge in [0.1, 0.15) is 0 Å². The van der Waals surface area contributed by atoms with E-state index in [2.05, 4.69) is 13.8 Å². The van der Waals surface area contributed by atoms with Gasteiger partial charge in [0.15, 0.2) is 0 Å². The van der Waals surface area contributed by atoms with Gasteiger partial charge >= 0.3 is 0 Å². The molecule has 0 aromatic heterocycles. The Morgan fingerprint density at radius 1 is 1.20 bits per heavy atom. The van der Waals surface area contributed by atoms with Crippen LogP contribution in [0.5, 0.6) is 0 Å². The first kappa shape index (κ1) is 10.1. The molecule has 0 spiro atoms. The second-order valence-electron chi connectivity index (χ2n) is 7.15. The normalized spacial score (nSPS) is 54.6. The zero-order valence-corrected chi connectivity index (χ0v) is 10.3. The molecule has 4 rings (SSSR count). The third-order valence-corrected chi connectivity index (χ3v) is 5.63. The van der Waals surface area contributed by atoms with Crippen LogP contribution in [0.4, 0.5) is 0 Å². The van der Waals surface area contributed by atoms with Gasteiger partial charge < -0.3 is 5.73 Å². The minimum atomic E-state index is 0.475. The summed E-state index contributed by atoms with van der Waals surface area (Å²) in [6.07, 6.45) is 10.0.